The summed E-state index contributed by atoms with van der Waals surface area (Å²) in [4.78, 5) is 25.4. The number of furan rings is 1. The average molecular weight is 384 g/mol. The van der Waals surface area contributed by atoms with Crippen LogP contribution in [0, 0.1) is 5.92 Å². The van der Waals surface area contributed by atoms with Crippen molar-refractivity contribution >= 4 is 51.9 Å². The summed E-state index contributed by atoms with van der Waals surface area (Å²) in [7, 11) is 0. The summed E-state index contributed by atoms with van der Waals surface area (Å²) in [6.07, 6.45) is 2.84. The molecule has 132 valence electrons. The highest BCUT2D eigenvalue weighted by molar-refractivity contribution is 8.27. The normalized spacial score (nSPS) is 23.7. The van der Waals surface area contributed by atoms with Crippen molar-refractivity contribution in [1.29, 1.82) is 0 Å². The number of thiocarbonyl (C=S) groups is 1. The molecule has 4 rings (SSSR count). The van der Waals surface area contributed by atoms with Crippen molar-refractivity contribution in [3.8, 4) is 0 Å². The number of nitrogens with zero attached hydrogens (tertiary/aromatic N) is 1. The summed E-state index contributed by atoms with van der Waals surface area (Å²) in [6.45, 7) is 2.18. The minimum Gasteiger partial charge on any atom is -0.545 e. The van der Waals surface area contributed by atoms with E-state index in [2.05, 4.69) is 6.92 Å². The van der Waals surface area contributed by atoms with Gasteiger partial charge in [-0.3, -0.25) is 9.69 Å². The zero-order valence-electron chi connectivity index (χ0n) is 13.8. The van der Waals surface area contributed by atoms with Gasteiger partial charge in [-0.05, 0) is 42.2 Å². The molecular formula is C19H14NO4S2-. The number of anilines is 1. The number of hydrogen-bond acceptors (Lipinski definition) is 6. The minimum absolute atomic E-state index is 0.0483. The van der Waals surface area contributed by atoms with E-state index < -0.39 is 5.97 Å². The third-order valence-electron chi connectivity index (χ3n) is 4.55. The molecule has 2 aliphatic rings. The lowest BCUT2D eigenvalue weighted by molar-refractivity contribution is -0.255. The number of carboxylic acids is 1. The van der Waals surface area contributed by atoms with Gasteiger partial charge in [0.25, 0.3) is 5.91 Å². The molecule has 1 amide bonds. The Hall–Kier alpha value is -2.38. The van der Waals surface area contributed by atoms with Crippen LogP contribution in [0.3, 0.4) is 0 Å². The van der Waals surface area contributed by atoms with Gasteiger partial charge >= 0.3 is 0 Å². The topological polar surface area (TPSA) is 73.6 Å². The quantitative estimate of drug-likeness (QED) is 0.595. The van der Waals surface area contributed by atoms with Gasteiger partial charge in [0.1, 0.15) is 11.5 Å². The molecule has 0 N–H and O–H groups in total. The second-order valence-corrected chi connectivity index (χ2v) is 8.09. The molecule has 1 aliphatic carbocycles. The first-order valence-electron chi connectivity index (χ1n) is 8.13. The van der Waals surface area contributed by atoms with Gasteiger partial charge in [-0.25, -0.2) is 0 Å². The second-order valence-electron chi connectivity index (χ2n) is 6.41. The smallest absolute Gasteiger partial charge is 0.270 e. The zero-order valence-corrected chi connectivity index (χ0v) is 15.4. The summed E-state index contributed by atoms with van der Waals surface area (Å²) < 4.78 is 6.22. The molecule has 1 aromatic carbocycles. The summed E-state index contributed by atoms with van der Waals surface area (Å²) in [5.74, 6) is 1.20. The molecule has 1 aromatic heterocycles. The van der Waals surface area contributed by atoms with Gasteiger partial charge in [-0.15, -0.1) is 0 Å². The summed E-state index contributed by atoms with van der Waals surface area (Å²) >= 11 is 6.51. The van der Waals surface area contributed by atoms with Crippen LogP contribution in [-0.4, -0.2) is 16.2 Å². The largest absolute Gasteiger partial charge is 0.545 e. The van der Waals surface area contributed by atoms with Gasteiger partial charge in [0.05, 0.1) is 16.6 Å². The molecule has 2 heterocycles. The molecular weight excluding hydrogens is 370 g/mol. The molecule has 0 unspecified atom stereocenters. The first-order valence-corrected chi connectivity index (χ1v) is 9.35. The molecule has 2 fully saturated rings. The predicted octanol–water partition coefficient (Wildman–Crippen LogP) is 3.17. The Morgan fingerprint density at radius 1 is 1.31 bits per heavy atom. The van der Waals surface area contributed by atoms with Gasteiger partial charge in [0.2, 0.25) is 0 Å². The van der Waals surface area contributed by atoms with E-state index in [1.54, 1.807) is 6.08 Å². The molecule has 0 bridgehead atoms. The van der Waals surface area contributed by atoms with E-state index in [4.69, 9.17) is 16.6 Å². The zero-order chi connectivity index (χ0) is 18.4. The van der Waals surface area contributed by atoms with Crippen molar-refractivity contribution in [1.82, 2.24) is 0 Å². The fourth-order valence-electron chi connectivity index (χ4n) is 2.93. The number of aromatic carboxylic acids is 1. The maximum atomic E-state index is 12.7. The summed E-state index contributed by atoms with van der Waals surface area (Å²) in [6, 6.07) is 9.68. The third kappa shape index (κ3) is 3.08. The molecule has 26 heavy (non-hydrogen) atoms. The highest BCUT2D eigenvalue weighted by Gasteiger charge is 2.37. The number of rotatable bonds is 4. The molecule has 0 radical (unpaired) electrons. The number of carboxylic acid groups (broad SMARTS) is 1. The lowest BCUT2D eigenvalue weighted by Crippen LogP contribution is -2.28. The molecule has 1 saturated heterocycles. The Labute approximate surface area is 159 Å². The standard InChI is InChI=1S/C19H15NO4S2/c1-10-8-14(10)15-7-6-13(24-15)9-16-17(21)20(19(25)26-16)12-4-2-11(3-5-12)18(22)23/h2-7,9-10,14H,8H2,1H3,(H,22,23)/p-1/b16-9-/t10-,14+/m1/s1. The van der Waals surface area contributed by atoms with Gasteiger partial charge in [0.15, 0.2) is 4.32 Å². The molecule has 5 nitrogen and oxygen atoms in total. The second kappa shape index (κ2) is 6.41. The Morgan fingerprint density at radius 2 is 2.00 bits per heavy atom. The Kier molecular flexibility index (Phi) is 4.20. The van der Waals surface area contributed by atoms with Gasteiger partial charge in [-0.2, -0.15) is 0 Å². The molecule has 7 heteroatoms. The molecule has 1 aliphatic heterocycles. The highest BCUT2D eigenvalue weighted by atomic mass is 32.2. The van der Waals surface area contributed by atoms with E-state index in [-0.39, 0.29) is 11.5 Å². The summed E-state index contributed by atoms with van der Waals surface area (Å²) in [5, 5.41) is 10.9. The monoisotopic (exact) mass is 384 g/mol. The van der Waals surface area contributed by atoms with E-state index in [9.17, 15) is 14.7 Å². The van der Waals surface area contributed by atoms with Gasteiger partial charge < -0.3 is 14.3 Å². The first kappa shape index (κ1) is 17.1. The van der Waals surface area contributed by atoms with Crippen molar-refractivity contribution < 1.29 is 19.1 Å². The fourth-order valence-corrected chi connectivity index (χ4v) is 4.21. The lowest BCUT2D eigenvalue weighted by Gasteiger charge is -2.15. The van der Waals surface area contributed by atoms with E-state index >= 15 is 0 Å². The Bertz CT molecular complexity index is 945. The number of carbonyl (C=O) groups excluding carboxylic acids is 2. The first-order chi connectivity index (χ1) is 12.4. The molecule has 2 aromatic rings. The van der Waals surface area contributed by atoms with E-state index in [0.29, 0.717) is 32.5 Å². The average Bonchev–Trinajstić information content (AvgIpc) is 3.04. The van der Waals surface area contributed by atoms with Crippen LogP contribution < -0.4 is 10.0 Å². The van der Waals surface area contributed by atoms with Crippen molar-refractivity contribution in [3.05, 3.63) is 58.4 Å². The SMILES string of the molecule is C[C@@H]1C[C@@H]1c1ccc(/C=C2\SC(=S)N(c3ccc(C(=O)[O-])cc3)C2=O)o1. The van der Waals surface area contributed by atoms with Crippen LogP contribution in [-0.2, 0) is 4.79 Å². The minimum atomic E-state index is -1.26. The van der Waals surface area contributed by atoms with Crippen molar-refractivity contribution in [2.45, 2.75) is 19.3 Å². The predicted molar refractivity (Wildman–Crippen MR) is 102 cm³/mol. The number of carbonyl (C=O) groups is 2. The molecule has 0 spiro atoms. The van der Waals surface area contributed by atoms with E-state index in [0.717, 1.165) is 12.2 Å². The van der Waals surface area contributed by atoms with Crippen LogP contribution in [0.5, 0.6) is 0 Å². The Morgan fingerprint density at radius 3 is 2.62 bits per heavy atom. The van der Waals surface area contributed by atoms with E-state index in [1.807, 2.05) is 12.1 Å². The number of hydrogen-bond donors (Lipinski definition) is 0. The number of thioether (sulfide) groups is 1. The maximum absolute atomic E-state index is 12.7. The molecule has 1 saturated carbocycles. The third-order valence-corrected chi connectivity index (χ3v) is 5.85. The number of amides is 1. The van der Waals surface area contributed by atoms with Crippen LogP contribution in [0.2, 0.25) is 0 Å². The Balaban J connectivity index is 1.56. The van der Waals surface area contributed by atoms with Crippen LogP contribution in [0.1, 0.15) is 41.1 Å². The molecule has 2 atom stereocenters. The van der Waals surface area contributed by atoms with Crippen LogP contribution >= 0.6 is 24.0 Å². The van der Waals surface area contributed by atoms with Crippen molar-refractivity contribution in [3.63, 3.8) is 0 Å². The van der Waals surface area contributed by atoms with Crippen LogP contribution in [0.4, 0.5) is 5.69 Å². The van der Waals surface area contributed by atoms with Crippen molar-refractivity contribution in [2.75, 3.05) is 4.90 Å². The van der Waals surface area contributed by atoms with Crippen molar-refractivity contribution in [2.24, 2.45) is 5.92 Å². The summed E-state index contributed by atoms with van der Waals surface area (Å²) in [5.41, 5.74) is 0.569. The van der Waals surface area contributed by atoms with E-state index in [1.165, 1.54) is 40.9 Å². The van der Waals surface area contributed by atoms with Crippen LogP contribution in [0.25, 0.3) is 6.08 Å². The van der Waals surface area contributed by atoms with Crippen LogP contribution in [0.15, 0.2) is 45.7 Å². The fraction of sp³-hybridized carbons (Fsp3) is 0.211. The maximum Gasteiger partial charge on any atom is 0.270 e. The van der Waals surface area contributed by atoms with Gasteiger partial charge in [-0.1, -0.05) is 43.0 Å². The van der Waals surface area contributed by atoms with Gasteiger partial charge in [0, 0.05) is 12.0 Å². The number of benzene rings is 1. The lowest BCUT2D eigenvalue weighted by atomic mass is 10.2. The highest BCUT2D eigenvalue weighted by Crippen LogP contribution is 2.47.